The Morgan fingerprint density at radius 3 is 2.67 bits per heavy atom. The van der Waals surface area contributed by atoms with Crippen LogP contribution in [0.3, 0.4) is 0 Å². The maximum atomic E-state index is 6.08. The Bertz CT molecular complexity index is 842. The number of ether oxygens (including phenoxy) is 2. The lowest BCUT2D eigenvalue weighted by Crippen LogP contribution is -2.16. The van der Waals surface area contributed by atoms with Crippen LogP contribution in [-0.2, 0) is 0 Å². The first-order valence-electron chi connectivity index (χ1n) is 6.89. The SMILES string of the molecule is COc1ccc2c(c1)Oc1ccc3ccccc3c1N2C. The van der Waals surface area contributed by atoms with Gasteiger partial charge in [0.05, 0.1) is 18.5 Å². The highest BCUT2D eigenvalue weighted by Gasteiger charge is 2.23. The molecule has 0 spiro atoms. The van der Waals surface area contributed by atoms with Crippen LogP contribution >= 0.6 is 0 Å². The van der Waals surface area contributed by atoms with Crippen LogP contribution in [0, 0.1) is 0 Å². The second-order valence-corrected chi connectivity index (χ2v) is 5.13. The lowest BCUT2D eigenvalue weighted by atomic mass is 10.1. The molecule has 104 valence electrons. The lowest BCUT2D eigenvalue weighted by molar-refractivity contribution is 0.408. The van der Waals surface area contributed by atoms with Crippen molar-refractivity contribution >= 4 is 22.1 Å². The minimum atomic E-state index is 0.798. The van der Waals surface area contributed by atoms with Crippen molar-refractivity contribution < 1.29 is 9.47 Å². The van der Waals surface area contributed by atoms with Crippen molar-refractivity contribution in [1.29, 1.82) is 0 Å². The Balaban J connectivity index is 1.95. The number of rotatable bonds is 1. The van der Waals surface area contributed by atoms with Crippen molar-refractivity contribution in [1.82, 2.24) is 0 Å². The summed E-state index contributed by atoms with van der Waals surface area (Å²) in [5.74, 6) is 2.49. The monoisotopic (exact) mass is 277 g/mol. The minimum absolute atomic E-state index is 0.798. The van der Waals surface area contributed by atoms with E-state index in [-0.39, 0.29) is 0 Å². The molecule has 21 heavy (non-hydrogen) atoms. The summed E-state index contributed by atoms with van der Waals surface area (Å²) in [7, 11) is 3.73. The molecule has 0 radical (unpaired) electrons. The van der Waals surface area contributed by atoms with Gasteiger partial charge in [0.25, 0.3) is 0 Å². The molecule has 0 saturated heterocycles. The average Bonchev–Trinajstić information content (AvgIpc) is 2.54. The van der Waals surface area contributed by atoms with E-state index in [1.807, 2.05) is 24.3 Å². The topological polar surface area (TPSA) is 21.7 Å². The molecule has 3 heteroatoms. The third-order valence-electron chi connectivity index (χ3n) is 3.95. The number of benzene rings is 3. The average molecular weight is 277 g/mol. The summed E-state index contributed by atoms with van der Waals surface area (Å²) >= 11 is 0. The van der Waals surface area contributed by atoms with Gasteiger partial charge in [0.15, 0.2) is 11.5 Å². The van der Waals surface area contributed by atoms with Gasteiger partial charge in [-0.3, -0.25) is 0 Å². The zero-order valence-corrected chi connectivity index (χ0v) is 12.0. The number of anilines is 2. The summed E-state index contributed by atoms with van der Waals surface area (Å²) in [6, 6.07) is 18.4. The smallest absolute Gasteiger partial charge is 0.154 e. The normalized spacial score (nSPS) is 12.6. The van der Waals surface area contributed by atoms with Crippen LogP contribution < -0.4 is 14.4 Å². The summed E-state index contributed by atoms with van der Waals surface area (Å²) in [5, 5.41) is 2.41. The summed E-state index contributed by atoms with van der Waals surface area (Å²) in [6.07, 6.45) is 0. The molecule has 3 aromatic carbocycles. The molecule has 0 aromatic heterocycles. The molecule has 0 amide bonds. The van der Waals surface area contributed by atoms with Crippen LogP contribution in [-0.4, -0.2) is 14.2 Å². The van der Waals surface area contributed by atoms with E-state index in [0.29, 0.717) is 0 Å². The van der Waals surface area contributed by atoms with Gasteiger partial charge >= 0.3 is 0 Å². The highest BCUT2D eigenvalue weighted by atomic mass is 16.5. The number of nitrogens with zero attached hydrogens (tertiary/aromatic N) is 1. The van der Waals surface area contributed by atoms with Gasteiger partial charge in [-0.15, -0.1) is 0 Å². The van der Waals surface area contributed by atoms with Crippen LogP contribution in [0.15, 0.2) is 54.6 Å². The standard InChI is InChI=1S/C18H15NO2/c1-19-15-9-8-13(20-2)11-17(15)21-16-10-7-12-5-3-4-6-14(12)18(16)19/h3-11H,1-2H3. The maximum Gasteiger partial charge on any atom is 0.154 e. The van der Waals surface area contributed by atoms with E-state index in [4.69, 9.17) is 9.47 Å². The summed E-state index contributed by atoms with van der Waals surface area (Å²) in [4.78, 5) is 2.18. The van der Waals surface area contributed by atoms with Gasteiger partial charge in [-0.1, -0.05) is 30.3 Å². The van der Waals surface area contributed by atoms with Crippen LogP contribution in [0.1, 0.15) is 0 Å². The van der Waals surface area contributed by atoms with Crippen molar-refractivity contribution in [2.24, 2.45) is 0 Å². The molecule has 4 rings (SSSR count). The van der Waals surface area contributed by atoms with Crippen LogP contribution in [0.4, 0.5) is 11.4 Å². The second-order valence-electron chi connectivity index (χ2n) is 5.13. The van der Waals surface area contributed by atoms with Crippen LogP contribution in [0.25, 0.3) is 10.8 Å². The molecule has 0 aliphatic carbocycles. The number of hydrogen-bond acceptors (Lipinski definition) is 3. The molecule has 1 aliphatic rings. The summed E-state index contributed by atoms with van der Waals surface area (Å²) in [5.41, 5.74) is 2.14. The van der Waals surface area contributed by atoms with Crippen molar-refractivity contribution in [2.45, 2.75) is 0 Å². The first kappa shape index (κ1) is 12.1. The quantitative estimate of drug-likeness (QED) is 0.642. The molecule has 3 nitrogen and oxygen atoms in total. The molecule has 0 saturated carbocycles. The van der Waals surface area contributed by atoms with E-state index in [0.717, 1.165) is 28.6 Å². The Labute approximate surface area is 123 Å². The van der Waals surface area contributed by atoms with Crippen molar-refractivity contribution in [3.63, 3.8) is 0 Å². The van der Waals surface area contributed by atoms with Gasteiger partial charge in [0.1, 0.15) is 5.75 Å². The molecule has 0 bridgehead atoms. The first-order valence-corrected chi connectivity index (χ1v) is 6.89. The minimum Gasteiger partial charge on any atom is -0.497 e. The van der Waals surface area contributed by atoms with Gasteiger partial charge in [-0.2, -0.15) is 0 Å². The summed E-state index contributed by atoms with van der Waals surface area (Å²) < 4.78 is 11.4. The Kier molecular flexibility index (Phi) is 2.54. The van der Waals surface area contributed by atoms with E-state index in [2.05, 4.69) is 42.3 Å². The van der Waals surface area contributed by atoms with E-state index in [9.17, 15) is 0 Å². The second kappa shape index (κ2) is 4.42. The largest absolute Gasteiger partial charge is 0.497 e. The van der Waals surface area contributed by atoms with E-state index >= 15 is 0 Å². The molecule has 0 unspecified atom stereocenters. The molecule has 1 heterocycles. The Morgan fingerprint density at radius 1 is 0.952 bits per heavy atom. The Morgan fingerprint density at radius 2 is 1.81 bits per heavy atom. The predicted molar refractivity (Wildman–Crippen MR) is 85.1 cm³/mol. The van der Waals surface area contributed by atoms with Gasteiger partial charge in [-0.25, -0.2) is 0 Å². The van der Waals surface area contributed by atoms with Crippen molar-refractivity contribution in [3.05, 3.63) is 54.6 Å². The fraction of sp³-hybridized carbons (Fsp3) is 0.111. The molecular formula is C18H15NO2. The van der Waals surface area contributed by atoms with Crippen molar-refractivity contribution in [3.8, 4) is 17.2 Å². The van der Waals surface area contributed by atoms with Gasteiger partial charge in [0.2, 0.25) is 0 Å². The number of methoxy groups -OCH3 is 1. The third-order valence-corrected chi connectivity index (χ3v) is 3.95. The molecule has 0 atom stereocenters. The highest BCUT2D eigenvalue weighted by Crippen LogP contribution is 2.49. The summed E-state index contributed by atoms with van der Waals surface area (Å²) in [6.45, 7) is 0. The maximum absolute atomic E-state index is 6.08. The zero-order chi connectivity index (χ0) is 14.4. The predicted octanol–water partition coefficient (Wildman–Crippen LogP) is 4.72. The van der Waals surface area contributed by atoms with Crippen LogP contribution in [0.2, 0.25) is 0 Å². The van der Waals surface area contributed by atoms with E-state index < -0.39 is 0 Å². The van der Waals surface area contributed by atoms with Crippen molar-refractivity contribution in [2.75, 3.05) is 19.1 Å². The highest BCUT2D eigenvalue weighted by molar-refractivity contribution is 6.00. The van der Waals surface area contributed by atoms with Crippen LogP contribution in [0.5, 0.6) is 17.2 Å². The zero-order valence-electron chi connectivity index (χ0n) is 12.0. The molecule has 1 aliphatic heterocycles. The van der Waals surface area contributed by atoms with E-state index in [1.54, 1.807) is 7.11 Å². The fourth-order valence-electron chi connectivity index (χ4n) is 2.88. The fourth-order valence-corrected chi connectivity index (χ4v) is 2.88. The molecule has 3 aromatic rings. The third kappa shape index (κ3) is 1.74. The Hall–Kier alpha value is -2.68. The number of fused-ring (bicyclic) bond motifs is 4. The van der Waals surface area contributed by atoms with Gasteiger partial charge in [0, 0.05) is 18.5 Å². The molecule has 0 fully saturated rings. The number of hydrogen-bond donors (Lipinski definition) is 0. The molecular weight excluding hydrogens is 262 g/mol. The van der Waals surface area contributed by atoms with Gasteiger partial charge in [-0.05, 0) is 23.6 Å². The first-order chi connectivity index (χ1) is 10.3. The molecule has 0 N–H and O–H groups in total. The van der Waals surface area contributed by atoms with E-state index in [1.165, 1.54) is 10.8 Å². The lowest BCUT2D eigenvalue weighted by Gasteiger charge is -2.31. The van der Waals surface area contributed by atoms with Gasteiger partial charge < -0.3 is 14.4 Å².